The van der Waals surface area contributed by atoms with Crippen LogP contribution in [0, 0.1) is 11.3 Å². The Bertz CT molecular complexity index is 1260. The van der Waals surface area contributed by atoms with Gasteiger partial charge >= 0.3 is 0 Å². The smallest absolute Gasteiger partial charge is 0.255 e. The quantitative estimate of drug-likeness (QED) is 0.408. The fourth-order valence-corrected chi connectivity index (χ4v) is 5.83. The summed E-state index contributed by atoms with van der Waals surface area (Å²) in [7, 11) is 0. The third kappa shape index (κ3) is 5.27. The Kier molecular flexibility index (Phi) is 7.68. The molecule has 198 valence electrons. The third-order valence-electron chi connectivity index (χ3n) is 7.99. The summed E-state index contributed by atoms with van der Waals surface area (Å²) in [5.74, 6) is -0.236. The minimum absolute atomic E-state index is 0.197. The maximum absolute atomic E-state index is 13.0. The van der Waals surface area contributed by atoms with Gasteiger partial charge < -0.3 is 14.5 Å². The number of halogens is 1. The first-order valence-electron chi connectivity index (χ1n) is 13.2. The lowest BCUT2D eigenvalue weighted by molar-refractivity contribution is -0.136. The Balaban J connectivity index is 1.09. The molecule has 0 bridgehead atoms. The number of imide groups is 1. The van der Waals surface area contributed by atoms with Crippen molar-refractivity contribution in [3.8, 4) is 11.8 Å². The predicted molar refractivity (Wildman–Crippen MR) is 142 cm³/mol. The van der Waals surface area contributed by atoms with E-state index in [4.69, 9.17) is 16.3 Å². The highest BCUT2D eigenvalue weighted by molar-refractivity contribution is 6.30. The zero-order chi connectivity index (χ0) is 26.7. The summed E-state index contributed by atoms with van der Waals surface area (Å²) in [4.78, 5) is 40.7. The third-order valence-corrected chi connectivity index (χ3v) is 8.24. The van der Waals surface area contributed by atoms with Crippen molar-refractivity contribution in [3.63, 3.8) is 0 Å². The van der Waals surface area contributed by atoms with Crippen LogP contribution >= 0.6 is 11.6 Å². The highest BCUT2D eigenvalue weighted by Gasteiger charge is 2.40. The van der Waals surface area contributed by atoms with Crippen LogP contribution in [-0.4, -0.2) is 59.8 Å². The largest absolute Gasteiger partial charge is 0.493 e. The molecule has 2 fully saturated rings. The normalized spacial score (nSPS) is 21.1. The van der Waals surface area contributed by atoms with Crippen molar-refractivity contribution in [3.05, 3.63) is 64.2 Å². The molecule has 1 unspecified atom stereocenters. The first-order valence-corrected chi connectivity index (χ1v) is 13.6. The van der Waals surface area contributed by atoms with Gasteiger partial charge in [-0.15, -0.1) is 0 Å². The number of rotatable bonds is 8. The molecule has 0 aliphatic carbocycles. The summed E-state index contributed by atoms with van der Waals surface area (Å²) in [6, 6.07) is 15.0. The van der Waals surface area contributed by atoms with Crippen LogP contribution in [0.4, 0.5) is 0 Å². The number of nitriles is 1. The van der Waals surface area contributed by atoms with Gasteiger partial charge in [-0.25, -0.2) is 0 Å². The molecule has 0 aromatic heterocycles. The monoisotopic (exact) mass is 534 g/mol. The number of hydrogen-bond acceptors (Lipinski definition) is 6. The highest BCUT2D eigenvalue weighted by Crippen LogP contribution is 2.36. The Labute approximate surface area is 227 Å². The number of benzene rings is 2. The van der Waals surface area contributed by atoms with Gasteiger partial charge in [0.05, 0.1) is 24.6 Å². The Morgan fingerprint density at radius 1 is 1.08 bits per heavy atom. The molecule has 2 aromatic carbocycles. The van der Waals surface area contributed by atoms with Gasteiger partial charge in [-0.1, -0.05) is 29.8 Å². The molecule has 1 atom stereocenters. The van der Waals surface area contributed by atoms with E-state index < -0.39 is 17.4 Å². The standard InChI is InChI=1S/C29H31ClN4O4/c30-21-8-6-20(7-9-21)29(19-31)12-15-33(16-13-29)14-1-2-17-38-25-5-3-4-22-23(25)18-34(28(22)37)24-10-11-26(35)32-27(24)36/h3-9,24H,1-2,10-18H2,(H,32,35,36). The van der Waals surface area contributed by atoms with Gasteiger partial charge in [-0.05, 0) is 81.6 Å². The van der Waals surface area contributed by atoms with E-state index in [2.05, 4.69) is 16.3 Å². The molecule has 0 spiro atoms. The van der Waals surface area contributed by atoms with E-state index in [1.165, 1.54) is 0 Å². The maximum atomic E-state index is 13.0. The summed E-state index contributed by atoms with van der Waals surface area (Å²) in [5, 5.41) is 12.9. The number of amides is 3. The van der Waals surface area contributed by atoms with Gasteiger partial charge in [-0.2, -0.15) is 5.26 Å². The minimum atomic E-state index is -0.635. The van der Waals surface area contributed by atoms with Crippen LogP contribution in [0.3, 0.4) is 0 Å². The maximum Gasteiger partial charge on any atom is 0.255 e. The van der Waals surface area contributed by atoms with Gasteiger partial charge in [0.1, 0.15) is 11.8 Å². The zero-order valence-electron chi connectivity index (χ0n) is 21.2. The summed E-state index contributed by atoms with van der Waals surface area (Å²) < 4.78 is 6.08. The molecule has 38 heavy (non-hydrogen) atoms. The van der Waals surface area contributed by atoms with Crippen molar-refractivity contribution in [1.29, 1.82) is 5.26 Å². The van der Waals surface area contributed by atoms with E-state index in [-0.39, 0.29) is 18.2 Å². The Morgan fingerprint density at radius 2 is 1.84 bits per heavy atom. The number of ether oxygens (including phenoxy) is 1. The lowest BCUT2D eigenvalue weighted by Crippen LogP contribution is -2.52. The second kappa shape index (κ2) is 11.1. The second-order valence-corrected chi connectivity index (χ2v) is 10.7. The summed E-state index contributed by atoms with van der Waals surface area (Å²) >= 11 is 6.02. The molecule has 3 heterocycles. The molecule has 9 heteroatoms. The van der Waals surface area contributed by atoms with E-state index in [0.717, 1.165) is 56.4 Å². The van der Waals surface area contributed by atoms with Crippen LogP contribution in [0.5, 0.6) is 5.75 Å². The van der Waals surface area contributed by atoms with Gasteiger partial charge in [0.2, 0.25) is 11.8 Å². The number of hydrogen-bond donors (Lipinski definition) is 1. The zero-order valence-corrected chi connectivity index (χ0v) is 22.0. The first-order chi connectivity index (χ1) is 18.4. The van der Waals surface area contributed by atoms with Crippen molar-refractivity contribution in [2.75, 3.05) is 26.2 Å². The van der Waals surface area contributed by atoms with E-state index in [1.807, 2.05) is 30.3 Å². The Hall–Kier alpha value is -3.41. The molecule has 0 saturated carbocycles. The molecular weight excluding hydrogens is 504 g/mol. The van der Waals surface area contributed by atoms with Crippen LogP contribution in [0.15, 0.2) is 42.5 Å². The average Bonchev–Trinajstić information content (AvgIpc) is 3.26. The second-order valence-electron chi connectivity index (χ2n) is 10.3. The van der Waals surface area contributed by atoms with E-state index in [1.54, 1.807) is 17.0 Å². The van der Waals surface area contributed by atoms with Crippen molar-refractivity contribution in [1.82, 2.24) is 15.1 Å². The fraction of sp³-hybridized carbons (Fsp3) is 0.448. The number of fused-ring (bicyclic) bond motifs is 1. The number of carbonyl (C=O) groups is 3. The van der Waals surface area contributed by atoms with Gasteiger partial charge in [0.25, 0.3) is 5.91 Å². The molecule has 3 amide bonds. The van der Waals surface area contributed by atoms with Crippen molar-refractivity contribution in [2.45, 2.75) is 56.5 Å². The molecule has 8 nitrogen and oxygen atoms in total. The van der Waals surface area contributed by atoms with Crippen molar-refractivity contribution in [2.24, 2.45) is 0 Å². The Morgan fingerprint density at radius 3 is 2.55 bits per heavy atom. The lowest BCUT2D eigenvalue weighted by Gasteiger charge is -2.37. The minimum Gasteiger partial charge on any atom is -0.493 e. The summed E-state index contributed by atoms with van der Waals surface area (Å²) in [6.07, 6.45) is 4.01. The molecule has 2 aromatic rings. The van der Waals surface area contributed by atoms with Crippen molar-refractivity contribution >= 4 is 29.3 Å². The molecule has 2 saturated heterocycles. The molecule has 3 aliphatic rings. The topological polar surface area (TPSA) is 103 Å². The SMILES string of the molecule is N#CC1(c2ccc(Cl)cc2)CCN(CCCCOc2cccc3c2CN(C2CCC(=O)NC2=O)C3=O)CC1. The molecule has 3 aliphatic heterocycles. The summed E-state index contributed by atoms with van der Waals surface area (Å²) in [6.45, 7) is 3.53. The molecule has 1 N–H and O–H groups in total. The van der Waals surface area contributed by atoms with Gasteiger partial charge in [0.15, 0.2) is 0 Å². The van der Waals surface area contributed by atoms with Gasteiger partial charge in [0, 0.05) is 22.6 Å². The number of unbranched alkanes of at least 4 members (excludes halogenated alkanes) is 1. The number of nitrogens with zero attached hydrogens (tertiary/aromatic N) is 3. The molecule has 0 radical (unpaired) electrons. The number of nitrogens with one attached hydrogen (secondary N) is 1. The highest BCUT2D eigenvalue weighted by atomic mass is 35.5. The predicted octanol–water partition coefficient (Wildman–Crippen LogP) is 3.82. The van der Waals surface area contributed by atoms with Crippen LogP contribution in [0.25, 0.3) is 0 Å². The number of likely N-dealkylation sites (tertiary alicyclic amines) is 1. The number of carbonyl (C=O) groups excluding carboxylic acids is 3. The van der Waals surface area contributed by atoms with Crippen LogP contribution in [0.2, 0.25) is 5.02 Å². The average molecular weight is 535 g/mol. The number of piperidine rings is 2. The van der Waals surface area contributed by atoms with Crippen LogP contribution < -0.4 is 10.1 Å². The molecule has 5 rings (SSSR count). The van der Waals surface area contributed by atoms with E-state index in [9.17, 15) is 19.6 Å². The van der Waals surface area contributed by atoms with Crippen LogP contribution in [0.1, 0.15) is 60.0 Å². The lowest BCUT2D eigenvalue weighted by atomic mass is 9.74. The van der Waals surface area contributed by atoms with E-state index >= 15 is 0 Å². The summed E-state index contributed by atoms with van der Waals surface area (Å²) in [5.41, 5.74) is 1.95. The first kappa shape index (κ1) is 26.2. The molecular formula is C29H31ClN4O4. The fourth-order valence-electron chi connectivity index (χ4n) is 5.70. The van der Waals surface area contributed by atoms with E-state index in [0.29, 0.717) is 35.9 Å². The van der Waals surface area contributed by atoms with Crippen LogP contribution in [-0.2, 0) is 21.5 Å². The van der Waals surface area contributed by atoms with Gasteiger partial charge in [-0.3, -0.25) is 19.7 Å². The van der Waals surface area contributed by atoms with Crippen molar-refractivity contribution < 1.29 is 19.1 Å².